The summed E-state index contributed by atoms with van der Waals surface area (Å²) in [4.78, 5) is 4.13. The van der Waals surface area contributed by atoms with Gasteiger partial charge in [0.05, 0.1) is 11.7 Å². The van der Waals surface area contributed by atoms with E-state index in [4.69, 9.17) is 4.74 Å². The molecule has 1 aromatic heterocycles. The molecule has 1 N–H and O–H groups in total. The fourth-order valence-corrected chi connectivity index (χ4v) is 3.87. The zero-order valence-electron chi connectivity index (χ0n) is 12.1. The highest BCUT2D eigenvalue weighted by Gasteiger charge is 2.40. The summed E-state index contributed by atoms with van der Waals surface area (Å²) < 4.78 is 6.11. The van der Waals surface area contributed by atoms with E-state index in [1.54, 1.807) is 6.20 Å². The number of aromatic nitrogens is 1. The lowest BCUT2D eigenvalue weighted by molar-refractivity contribution is -0.133. The van der Waals surface area contributed by atoms with Crippen molar-refractivity contribution in [2.24, 2.45) is 5.92 Å². The van der Waals surface area contributed by atoms with Crippen molar-refractivity contribution in [1.82, 2.24) is 4.98 Å². The molecule has 0 aromatic carbocycles. The molecule has 2 unspecified atom stereocenters. The molecule has 3 heteroatoms. The summed E-state index contributed by atoms with van der Waals surface area (Å²) in [5.41, 5.74) is 1.21. The van der Waals surface area contributed by atoms with Crippen LogP contribution in [0.2, 0.25) is 0 Å². The zero-order valence-corrected chi connectivity index (χ0v) is 12.1. The lowest BCUT2D eigenvalue weighted by Gasteiger charge is -2.44. The number of hydrogen-bond donors (Lipinski definition) is 1. The summed E-state index contributed by atoms with van der Waals surface area (Å²) >= 11 is 0. The molecule has 3 rings (SSSR count). The van der Waals surface area contributed by atoms with Crippen LogP contribution < -0.4 is 0 Å². The molecule has 110 valence electrons. The minimum atomic E-state index is -0.262. The maximum atomic E-state index is 10.6. The van der Waals surface area contributed by atoms with Crippen LogP contribution in [0.1, 0.15) is 50.5 Å². The number of rotatable bonds is 3. The first-order valence-electron chi connectivity index (χ1n) is 7.98. The molecule has 1 aliphatic carbocycles. The molecule has 2 atom stereocenters. The minimum Gasteiger partial charge on any atom is -0.392 e. The second-order valence-corrected chi connectivity index (χ2v) is 6.48. The molecular weight excluding hydrogens is 250 g/mol. The molecule has 1 saturated heterocycles. The predicted molar refractivity (Wildman–Crippen MR) is 78.4 cm³/mol. The number of pyridine rings is 1. The zero-order chi connectivity index (χ0) is 13.8. The first-order valence-corrected chi connectivity index (χ1v) is 7.98. The smallest absolute Gasteiger partial charge is 0.0686 e. The highest BCUT2D eigenvalue weighted by atomic mass is 16.5. The standard InChI is InChI=1S/C17H25NO2/c19-16(11-14-5-4-9-18-13-14)15-6-10-20-17(12-15)7-2-1-3-8-17/h4-5,9,13,15-16,19H,1-3,6-8,10-12H2. The van der Waals surface area contributed by atoms with Crippen LogP contribution in [-0.2, 0) is 11.2 Å². The number of aliphatic hydroxyl groups excluding tert-OH is 1. The second kappa shape index (κ2) is 6.23. The second-order valence-electron chi connectivity index (χ2n) is 6.48. The average molecular weight is 275 g/mol. The fourth-order valence-electron chi connectivity index (χ4n) is 3.87. The van der Waals surface area contributed by atoms with Gasteiger partial charge in [0, 0.05) is 25.4 Å². The molecular formula is C17H25NO2. The summed E-state index contributed by atoms with van der Waals surface area (Å²) in [6, 6.07) is 3.99. The summed E-state index contributed by atoms with van der Waals surface area (Å²) in [6.07, 6.45) is 12.4. The number of aliphatic hydroxyl groups is 1. The van der Waals surface area contributed by atoms with E-state index in [9.17, 15) is 5.11 Å². The number of ether oxygens (including phenoxy) is 1. The van der Waals surface area contributed by atoms with E-state index in [0.29, 0.717) is 12.3 Å². The van der Waals surface area contributed by atoms with Gasteiger partial charge in [0.15, 0.2) is 0 Å². The SMILES string of the molecule is OC(Cc1cccnc1)C1CCOC2(CCCCC2)C1. The van der Waals surface area contributed by atoms with Crippen LogP contribution in [0, 0.1) is 5.92 Å². The van der Waals surface area contributed by atoms with Crippen molar-refractivity contribution in [3.05, 3.63) is 30.1 Å². The molecule has 1 saturated carbocycles. The van der Waals surface area contributed by atoms with Crippen LogP contribution in [-0.4, -0.2) is 28.4 Å². The Morgan fingerprint density at radius 2 is 2.20 bits per heavy atom. The summed E-state index contributed by atoms with van der Waals surface area (Å²) in [5, 5.41) is 10.6. The molecule has 3 nitrogen and oxygen atoms in total. The lowest BCUT2D eigenvalue weighted by atomic mass is 9.74. The number of nitrogens with zero attached hydrogens (tertiary/aromatic N) is 1. The van der Waals surface area contributed by atoms with Crippen molar-refractivity contribution in [3.8, 4) is 0 Å². The Morgan fingerprint density at radius 1 is 1.35 bits per heavy atom. The molecule has 2 aliphatic rings. The Bertz CT molecular complexity index is 409. The third-order valence-electron chi connectivity index (χ3n) is 5.01. The first kappa shape index (κ1) is 14.0. The number of hydrogen-bond acceptors (Lipinski definition) is 3. The summed E-state index contributed by atoms with van der Waals surface area (Å²) in [6.45, 7) is 0.814. The molecule has 20 heavy (non-hydrogen) atoms. The molecule has 0 bridgehead atoms. The van der Waals surface area contributed by atoms with E-state index in [2.05, 4.69) is 4.98 Å². The Labute approximate surface area is 121 Å². The maximum Gasteiger partial charge on any atom is 0.0686 e. The van der Waals surface area contributed by atoms with Crippen LogP contribution in [0.25, 0.3) is 0 Å². The Morgan fingerprint density at radius 3 is 2.95 bits per heavy atom. The van der Waals surface area contributed by atoms with E-state index in [1.807, 2.05) is 18.3 Å². The Hall–Kier alpha value is -0.930. The van der Waals surface area contributed by atoms with Crippen molar-refractivity contribution < 1.29 is 9.84 Å². The van der Waals surface area contributed by atoms with Gasteiger partial charge in [-0.25, -0.2) is 0 Å². The van der Waals surface area contributed by atoms with Gasteiger partial charge in [0.25, 0.3) is 0 Å². The van der Waals surface area contributed by atoms with Gasteiger partial charge in [-0.3, -0.25) is 4.98 Å². The van der Waals surface area contributed by atoms with Gasteiger partial charge in [0.1, 0.15) is 0 Å². The van der Waals surface area contributed by atoms with Crippen LogP contribution in [0.4, 0.5) is 0 Å². The van der Waals surface area contributed by atoms with Gasteiger partial charge in [0.2, 0.25) is 0 Å². The van der Waals surface area contributed by atoms with Gasteiger partial charge in [-0.1, -0.05) is 25.3 Å². The molecule has 1 spiro atoms. The van der Waals surface area contributed by atoms with Crippen molar-refractivity contribution in [2.75, 3.05) is 6.61 Å². The van der Waals surface area contributed by atoms with Gasteiger partial charge < -0.3 is 9.84 Å². The summed E-state index contributed by atoms with van der Waals surface area (Å²) in [5.74, 6) is 0.377. The van der Waals surface area contributed by atoms with Crippen LogP contribution in [0.3, 0.4) is 0 Å². The monoisotopic (exact) mass is 275 g/mol. The fraction of sp³-hybridized carbons (Fsp3) is 0.706. The molecule has 1 aliphatic heterocycles. The normalized spacial score (nSPS) is 27.4. The van der Waals surface area contributed by atoms with E-state index >= 15 is 0 Å². The highest BCUT2D eigenvalue weighted by Crippen LogP contribution is 2.41. The lowest BCUT2D eigenvalue weighted by Crippen LogP contribution is -2.44. The van der Waals surface area contributed by atoms with Crippen LogP contribution >= 0.6 is 0 Å². The van der Waals surface area contributed by atoms with E-state index in [1.165, 1.54) is 32.1 Å². The Kier molecular flexibility index (Phi) is 4.37. The topological polar surface area (TPSA) is 42.4 Å². The van der Waals surface area contributed by atoms with Gasteiger partial charge in [-0.15, -0.1) is 0 Å². The summed E-state index contributed by atoms with van der Waals surface area (Å²) in [7, 11) is 0. The van der Waals surface area contributed by atoms with E-state index < -0.39 is 0 Å². The van der Waals surface area contributed by atoms with Gasteiger partial charge >= 0.3 is 0 Å². The van der Waals surface area contributed by atoms with Crippen LogP contribution in [0.15, 0.2) is 24.5 Å². The van der Waals surface area contributed by atoms with Gasteiger partial charge in [-0.05, 0) is 43.2 Å². The molecule has 2 fully saturated rings. The van der Waals surface area contributed by atoms with E-state index in [-0.39, 0.29) is 11.7 Å². The minimum absolute atomic E-state index is 0.0804. The molecule has 0 radical (unpaired) electrons. The van der Waals surface area contributed by atoms with Crippen molar-refractivity contribution in [1.29, 1.82) is 0 Å². The third-order valence-corrected chi connectivity index (χ3v) is 5.01. The van der Waals surface area contributed by atoms with Crippen molar-refractivity contribution in [2.45, 2.75) is 63.1 Å². The first-order chi connectivity index (χ1) is 9.77. The predicted octanol–water partition coefficient (Wildman–Crippen LogP) is 3.11. The largest absolute Gasteiger partial charge is 0.392 e. The highest BCUT2D eigenvalue weighted by molar-refractivity contribution is 5.10. The van der Waals surface area contributed by atoms with Crippen molar-refractivity contribution >= 4 is 0 Å². The molecule has 2 heterocycles. The van der Waals surface area contributed by atoms with Gasteiger partial charge in [-0.2, -0.15) is 0 Å². The third kappa shape index (κ3) is 3.21. The maximum absolute atomic E-state index is 10.6. The van der Waals surface area contributed by atoms with Crippen LogP contribution in [0.5, 0.6) is 0 Å². The average Bonchev–Trinajstić information content (AvgIpc) is 2.49. The molecule has 0 amide bonds. The molecule has 1 aromatic rings. The van der Waals surface area contributed by atoms with E-state index in [0.717, 1.165) is 25.0 Å². The Balaban J connectivity index is 1.61. The van der Waals surface area contributed by atoms with Crippen molar-refractivity contribution in [3.63, 3.8) is 0 Å². The quantitative estimate of drug-likeness (QED) is 0.921.